The summed E-state index contributed by atoms with van der Waals surface area (Å²) in [6.45, 7) is 0.626. The maximum absolute atomic E-state index is 13.7. The number of unbranched alkanes of at least 4 members (excludes halogenated alkanes) is 1. The van der Waals surface area contributed by atoms with Crippen molar-refractivity contribution >= 4 is 17.5 Å². The van der Waals surface area contributed by atoms with E-state index in [2.05, 4.69) is 0 Å². The fourth-order valence-electron chi connectivity index (χ4n) is 5.52. The number of benzene rings is 3. The van der Waals surface area contributed by atoms with E-state index in [4.69, 9.17) is 0 Å². The van der Waals surface area contributed by atoms with Crippen molar-refractivity contribution in [1.82, 2.24) is 9.80 Å². The molecule has 0 radical (unpaired) electrons. The highest BCUT2D eigenvalue weighted by Crippen LogP contribution is 2.42. The van der Waals surface area contributed by atoms with E-state index < -0.39 is 36.0 Å². The number of rotatable bonds is 16. The number of carbonyl (C=O) groups excluding carboxylic acids is 3. The summed E-state index contributed by atoms with van der Waals surface area (Å²) in [5, 5.41) is 0. The van der Waals surface area contributed by atoms with Gasteiger partial charge in [-0.2, -0.15) is 26.3 Å². The van der Waals surface area contributed by atoms with Gasteiger partial charge in [0.2, 0.25) is 5.78 Å². The summed E-state index contributed by atoms with van der Waals surface area (Å²) in [5.74, 6) is -4.10. The highest BCUT2D eigenvalue weighted by Gasteiger charge is 2.45. The van der Waals surface area contributed by atoms with Gasteiger partial charge in [0.25, 0.3) is 0 Å². The number of halogens is 6. The van der Waals surface area contributed by atoms with Crippen LogP contribution in [0.5, 0.6) is 0 Å². The molecule has 3 rings (SSSR count). The van der Waals surface area contributed by atoms with Crippen molar-refractivity contribution in [3.8, 4) is 0 Å². The van der Waals surface area contributed by atoms with E-state index in [1.165, 1.54) is 6.92 Å². The molecule has 0 fully saturated rings. The van der Waals surface area contributed by atoms with Crippen LogP contribution in [0.2, 0.25) is 0 Å². The van der Waals surface area contributed by atoms with Gasteiger partial charge in [-0.05, 0) is 49.4 Å². The second-order valence-corrected chi connectivity index (χ2v) is 10.8. The van der Waals surface area contributed by atoms with E-state index in [0.717, 1.165) is 16.7 Å². The number of nitrogens with zero attached hydrogens (tertiary/aromatic N) is 2. The van der Waals surface area contributed by atoms with Crippen molar-refractivity contribution in [2.45, 2.75) is 56.9 Å². The van der Waals surface area contributed by atoms with Crippen LogP contribution < -0.4 is 0 Å². The molecule has 0 aromatic heterocycles. The lowest BCUT2D eigenvalue weighted by Crippen LogP contribution is -2.52. The van der Waals surface area contributed by atoms with Crippen molar-refractivity contribution < 1.29 is 40.7 Å². The Morgan fingerprint density at radius 1 is 0.556 bits per heavy atom. The monoisotopic (exact) mass is 634 g/mol. The molecule has 0 aliphatic carbocycles. The lowest BCUT2D eigenvalue weighted by atomic mass is 9.75. The number of Topliss-reactive ketones (excluding diaryl/α,β-unsaturated/α-hetero) is 2. The van der Waals surface area contributed by atoms with Gasteiger partial charge in [0, 0.05) is 32.5 Å². The highest BCUT2D eigenvalue weighted by molar-refractivity contribution is 5.84. The molecule has 0 bridgehead atoms. The standard InChI is InChI=1S/C34H36F6N2O3/c1-26(43)14-13-22-41(31(45)34(38,39)40)24-25-42(23-12-11-21-30(44)33(35,36)37)32(27-15-5-2-6-16-27,28-17-7-3-8-18-28)29-19-9-4-10-20-29/h2-10,15-20H,11-14,21-25H2,1H3. The molecular weight excluding hydrogens is 598 g/mol. The van der Waals surface area contributed by atoms with Gasteiger partial charge in [-0.1, -0.05) is 91.0 Å². The van der Waals surface area contributed by atoms with E-state index in [0.29, 0.717) is 4.90 Å². The molecule has 0 N–H and O–H groups in total. The summed E-state index contributed by atoms with van der Waals surface area (Å²) >= 11 is 0. The normalized spacial score (nSPS) is 12.3. The van der Waals surface area contributed by atoms with E-state index in [1.54, 1.807) is 0 Å². The topological polar surface area (TPSA) is 57.7 Å². The number of hydrogen-bond donors (Lipinski definition) is 0. The van der Waals surface area contributed by atoms with Gasteiger partial charge in [-0.15, -0.1) is 0 Å². The van der Waals surface area contributed by atoms with Gasteiger partial charge in [0.05, 0.1) is 5.54 Å². The van der Waals surface area contributed by atoms with Gasteiger partial charge < -0.3 is 9.69 Å². The summed E-state index contributed by atoms with van der Waals surface area (Å²) in [5.41, 5.74) is 1.11. The molecule has 3 aromatic rings. The first-order chi connectivity index (χ1) is 21.3. The third-order valence-electron chi connectivity index (χ3n) is 7.57. The number of hydrogen-bond acceptors (Lipinski definition) is 4. The SMILES string of the molecule is CC(=O)CCCN(CCN(CCCCC(=O)C(F)(F)F)C(c1ccccc1)(c1ccccc1)c1ccccc1)C(=O)C(F)(F)F. The smallest absolute Gasteiger partial charge is 0.334 e. The minimum atomic E-state index is -5.14. The van der Waals surface area contributed by atoms with E-state index >= 15 is 0 Å². The Kier molecular flexibility index (Phi) is 12.5. The predicted molar refractivity (Wildman–Crippen MR) is 158 cm³/mol. The summed E-state index contributed by atoms with van der Waals surface area (Å²) < 4.78 is 79.7. The fraction of sp³-hybridized carbons (Fsp3) is 0.382. The molecule has 0 aliphatic rings. The maximum atomic E-state index is 13.7. The zero-order valence-corrected chi connectivity index (χ0v) is 24.9. The Bertz CT molecular complexity index is 1280. The molecule has 11 heteroatoms. The maximum Gasteiger partial charge on any atom is 0.471 e. The van der Waals surface area contributed by atoms with Gasteiger partial charge in [-0.25, -0.2) is 0 Å². The first-order valence-electron chi connectivity index (χ1n) is 14.6. The molecule has 5 nitrogen and oxygen atoms in total. The predicted octanol–water partition coefficient (Wildman–Crippen LogP) is 7.34. The molecule has 0 spiro atoms. The van der Waals surface area contributed by atoms with E-state index in [1.807, 2.05) is 95.9 Å². The molecule has 45 heavy (non-hydrogen) atoms. The van der Waals surface area contributed by atoms with Crippen LogP contribution in [-0.2, 0) is 19.9 Å². The molecule has 242 valence electrons. The first-order valence-corrected chi connectivity index (χ1v) is 14.6. The van der Waals surface area contributed by atoms with Crippen LogP contribution in [0.4, 0.5) is 26.3 Å². The second kappa shape index (κ2) is 15.8. The van der Waals surface area contributed by atoms with Gasteiger partial charge in [0.15, 0.2) is 0 Å². The molecular formula is C34H36F6N2O3. The quantitative estimate of drug-likeness (QED) is 0.0940. The molecule has 0 unspecified atom stereocenters. The van der Waals surface area contributed by atoms with Crippen LogP contribution in [0.1, 0.15) is 55.7 Å². The summed E-state index contributed by atoms with van der Waals surface area (Å²) in [4.78, 5) is 38.1. The van der Waals surface area contributed by atoms with Gasteiger partial charge in [-0.3, -0.25) is 14.5 Å². The van der Waals surface area contributed by atoms with Crippen LogP contribution in [0.25, 0.3) is 0 Å². The van der Waals surface area contributed by atoms with E-state index in [-0.39, 0.29) is 57.6 Å². The van der Waals surface area contributed by atoms with Gasteiger partial charge in [0.1, 0.15) is 5.78 Å². The number of ketones is 2. The zero-order chi connectivity index (χ0) is 33.1. The summed E-state index contributed by atoms with van der Waals surface area (Å²) in [7, 11) is 0. The minimum Gasteiger partial charge on any atom is -0.334 e. The zero-order valence-electron chi connectivity index (χ0n) is 24.9. The fourth-order valence-corrected chi connectivity index (χ4v) is 5.52. The summed E-state index contributed by atoms with van der Waals surface area (Å²) in [6, 6.07) is 27.5. The molecule has 0 heterocycles. The third kappa shape index (κ3) is 9.50. The Morgan fingerprint density at radius 2 is 1.02 bits per heavy atom. The molecule has 0 atom stereocenters. The molecule has 0 aliphatic heterocycles. The van der Waals surface area contributed by atoms with Crippen molar-refractivity contribution in [2.24, 2.45) is 0 Å². The Balaban J connectivity index is 2.12. The van der Waals surface area contributed by atoms with Gasteiger partial charge >= 0.3 is 18.3 Å². The molecule has 3 aromatic carbocycles. The Morgan fingerprint density at radius 3 is 1.42 bits per heavy atom. The van der Waals surface area contributed by atoms with Crippen LogP contribution in [0, 0.1) is 0 Å². The lowest BCUT2D eigenvalue weighted by Gasteiger charge is -2.46. The average Bonchev–Trinajstić information content (AvgIpc) is 3.00. The van der Waals surface area contributed by atoms with Crippen LogP contribution in [0.15, 0.2) is 91.0 Å². The van der Waals surface area contributed by atoms with Crippen molar-refractivity contribution in [2.75, 3.05) is 26.2 Å². The first kappa shape index (κ1) is 35.5. The minimum absolute atomic E-state index is 0.000564. The lowest BCUT2D eigenvalue weighted by molar-refractivity contribution is -0.185. The molecule has 0 saturated carbocycles. The number of amides is 1. The molecule has 1 amide bonds. The van der Waals surface area contributed by atoms with Crippen molar-refractivity contribution in [3.05, 3.63) is 108 Å². The third-order valence-corrected chi connectivity index (χ3v) is 7.57. The Labute approximate surface area is 258 Å². The summed E-state index contributed by atoms with van der Waals surface area (Å²) in [6.07, 6.45) is -10.8. The molecule has 0 saturated heterocycles. The largest absolute Gasteiger partial charge is 0.471 e. The average molecular weight is 635 g/mol. The number of alkyl halides is 6. The van der Waals surface area contributed by atoms with Crippen LogP contribution >= 0.6 is 0 Å². The van der Waals surface area contributed by atoms with Crippen LogP contribution in [-0.4, -0.2) is 65.8 Å². The Hall–Kier alpha value is -3.99. The van der Waals surface area contributed by atoms with Crippen LogP contribution in [0.3, 0.4) is 0 Å². The van der Waals surface area contributed by atoms with E-state index in [9.17, 15) is 40.7 Å². The van der Waals surface area contributed by atoms with Crippen molar-refractivity contribution in [1.29, 1.82) is 0 Å². The highest BCUT2D eigenvalue weighted by atomic mass is 19.4. The second-order valence-electron chi connectivity index (χ2n) is 10.8. The number of carbonyl (C=O) groups is 3. The van der Waals surface area contributed by atoms with Crippen molar-refractivity contribution in [3.63, 3.8) is 0 Å².